The van der Waals surface area contributed by atoms with E-state index in [4.69, 9.17) is 5.73 Å². The Morgan fingerprint density at radius 1 is 1.39 bits per heavy atom. The van der Waals surface area contributed by atoms with E-state index >= 15 is 0 Å². The van der Waals surface area contributed by atoms with Crippen LogP contribution in [0.3, 0.4) is 0 Å². The van der Waals surface area contributed by atoms with Crippen molar-refractivity contribution in [3.05, 3.63) is 33.4 Å². The summed E-state index contributed by atoms with van der Waals surface area (Å²) in [5.74, 6) is 1.53. The summed E-state index contributed by atoms with van der Waals surface area (Å²) in [6.45, 7) is 4.07. The first-order chi connectivity index (χ1) is 8.59. The second-order valence-electron chi connectivity index (χ2n) is 5.51. The molecule has 0 spiro atoms. The predicted octanol–water partition coefficient (Wildman–Crippen LogP) is 2.55. The molecule has 1 saturated carbocycles. The molecule has 0 saturated heterocycles. The van der Waals surface area contributed by atoms with E-state index in [9.17, 15) is 0 Å². The number of nitrogens with two attached hydrogens (primary N) is 1. The lowest BCUT2D eigenvalue weighted by molar-refractivity contribution is 0.217. The maximum absolute atomic E-state index is 6.07. The summed E-state index contributed by atoms with van der Waals surface area (Å²) in [7, 11) is 0. The highest BCUT2D eigenvalue weighted by atomic mass is 127. The van der Waals surface area contributed by atoms with E-state index < -0.39 is 0 Å². The quantitative estimate of drug-likeness (QED) is 0.847. The van der Waals surface area contributed by atoms with Crippen LogP contribution in [0.25, 0.3) is 0 Å². The van der Waals surface area contributed by atoms with Crippen LogP contribution in [0.2, 0.25) is 0 Å². The van der Waals surface area contributed by atoms with Gasteiger partial charge in [-0.25, -0.2) is 0 Å². The second kappa shape index (κ2) is 4.40. The molecule has 3 rings (SSSR count). The predicted molar refractivity (Wildman–Crippen MR) is 82.4 cm³/mol. The lowest BCUT2D eigenvalue weighted by Gasteiger charge is -2.37. The first kappa shape index (κ1) is 12.3. The summed E-state index contributed by atoms with van der Waals surface area (Å²) in [4.78, 5) is 6.77. The van der Waals surface area contributed by atoms with Crippen molar-refractivity contribution in [3.8, 4) is 0 Å². The van der Waals surface area contributed by atoms with Crippen LogP contribution in [-0.4, -0.2) is 23.9 Å². The molecule has 1 unspecified atom stereocenters. The number of hydrogen-bond acceptors (Lipinski definition) is 3. The molecule has 0 amide bonds. The average Bonchev–Trinajstić information content (AvgIpc) is 3.12. The number of guanidine groups is 1. The minimum atomic E-state index is -0.0585. The van der Waals surface area contributed by atoms with Crippen molar-refractivity contribution in [3.63, 3.8) is 0 Å². The van der Waals surface area contributed by atoms with Gasteiger partial charge in [0.1, 0.15) is 0 Å². The van der Waals surface area contributed by atoms with Crippen LogP contribution < -0.4 is 5.73 Å². The Labute approximate surface area is 122 Å². The molecule has 1 aliphatic carbocycles. The van der Waals surface area contributed by atoms with Crippen molar-refractivity contribution < 1.29 is 0 Å². The van der Waals surface area contributed by atoms with E-state index in [1.54, 1.807) is 0 Å². The second-order valence-corrected chi connectivity index (χ2v) is 6.75. The topological polar surface area (TPSA) is 41.6 Å². The summed E-state index contributed by atoms with van der Waals surface area (Å²) in [5.41, 5.74) is 7.33. The number of hydrogen-bond donors (Lipinski definition) is 1. The van der Waals surface area contributed by atoms with Crippen molar-refractivity contribution in [2.45, 2.75) is 25.3 Å². The number of rotatable bonds is 3. The zero-order valence-corrected chi connectivity index (χ0v) is 12.7. The van der Waals surface area contributed by atoms with Crippen LogP contribution in [0.4, 0.5) is 0 Å². The van der Waals surface area contributed by atoms with Crippen molar-refractivity contribution in [2.75, 3.05) is 13.1 Å². The third-order valence-electron chi connectivity index (χ3n) is 4.03. The Hall–Kier alpha value is -0.780. The van der Waals surface area contributed by atoms with Crippen LogP contribution in [0.5, 0.6) is 0 Å². The van der Waals surface area contributed by atoms with Gasteiger partial charge in [-0.05, 0) is 66.0 Å². The van der Waals surface area contributed by atoms with Gasteiger partial charge in [0, 0.05) is 10.1 Å². The van der Waals surface area contributed by atoms with E-state index in [0.29, 0.717) is 5.96 Å². The van der Waals surface area contributed by atoms with E-state index in [1.165, 1.54) is 22.0 Å². The molecule has 1 aromatic carbocycles. The lowest BCUT2D eigenvalue weighted by atomic mass is 9.91. The molecule has 1 heterocycles. The van der Waals surface area contributed by atoms with Crippen LogP contribution in [0, 0.1) is 9.49 Å². The van der Waals surface area contributed by atoms with Crippen LogP contribution in [-0.2, 0) is 5.54 Å². The lowest BCUT2D eigenvalue weighted by Crippen LogP contribution is -2.48. The fraction of sp³-hybridized carbons (Fsp3) is 0.500. The van der Waals surface area contributed by atoms with Gasteiger partial charge in [0.15, 0.2) is 5.96 Å². The minimum absolute atomic E-state index is 0.0585. The van der Waals surface area contributed by atoms with Gasteiger partial charge in [-0.1, -0.05) is 12.1 Å². The summed E-state index contributed by atoms with van der Waals surface area (Å²) >= 11 is 2.34. The molecule has 96 valence electrons. The molecule has 0 aromatic heterocycles. The average molecular weight is 355 g/mol. The van der Waals surface area contributed by atoms with Gasteiger partial charge in [0.05, 0.1) is 12.1 Å². The molecule has 1 atom stereocenters. The monoisotopic (exact) mass is 355 g/mol. The highest BCUT2D eigenvalue weighted by Crippen LogP contribution is 2.38. The van der Waals surface area contributed by atoms with Crippen molar-refractivity contribution in [2.24, 2.45) is 16.6 Å². The minimum Gasteiger partial charge on any atom is -0.370 e. The zero-order valence-electron chi connectivity index (χ0n) is 10.6. The van der Waals surface area contributed by atoms with Crippen molar-refractivity contribution in [1.82, 2.24) is 4.90 Å². The van der Waals surface area contributed by atoms with Crippen LogP contribution >= 0.6 is 22.6 Å². The molecule has 2 N–H and O–H groups in total. The van der Waals surface area contributed by atoms with E-state index in [0.717, 1.165) is 19.0 Å². The van der Waals surface area contributed by atoms with Gasteiger partial charge in [-0.15, -0.1) is 0 Å². The van der Waals surface area contributed by atoms with Crippen molar-refractivity contribution >= 4 is 28.6 Å². The zero-order chi connectivity index (χ0) is 12.8. The maximum Gasteiger partial charge on any atom is 0.192 e. The standard InChI is InChI=1S/C14H18IN3/c1-14(11-4-6-12(15)7-5-11)9-17-13(16)18(14)8-10-2-3-10/h4-7,10H,2-3,8-9H2,1H3,(H2,16,17). The van der Waals surface area contributed by atoms with E-state index in [-0.39, 0.29) is 5.54 Å². The third-order valence-corrected chi connectivity index (χ3v) is 4.74. The fourth-order valence-corrected chi connectivity index (χ4v) is 2.93. The Morgan fingerprint density at radius 3 is 2.67 bits per heavy atom. The molecular weight excluding hydrogens is 337 g/mol. The van der Waals surface area contributed by atoms with E-state index in [1.807, 2.05) is 0 Å². The Bertz CT molecular complexity index is 478. The smallest absolute Gasteiger partial charge is 0.192 e. The molecule has 0 bridgehead atoms. The molecule has 4 heteroatoms. The van der Waals surface area contributed by atoms with Gasteiger partial charge in [-0.3, -0.25) is 4.99 Å². The van der Waals surface area contributed by atoms with Crippen LogP contribution in [0.15, 0.2) is 29.3 Å². The first-order valence-corrected chi connectivity index (χ1v) is 7.51. The Balaban J connectivity index is 1.89. The van der Waals surface area contributed by atoms with Gasteiger partial charge in [0.25, 0.3) is 0 Å². The first-order valence-electron chi connectivity index (χ1n) is 6.43. The molecule has 3 nitrogen and oxygen atoms in total. The fourth-order valence-electron chi connectivity index (χ4n) is 2.57. The molecule has 1 fully saturated rings. The van der Waals surface area contributed by atoms with E-state index in [2.05, 4.69) is 63.7 Å². The summed E-state index contributed by atoms with van der Waals surface area (Å²) < 4.78 is 1.26. The number of nitrogens with zero attached hydrogens (tertiary/aromatic N) is 2. The summed E-state index contributed by atoms with van der Waals surface area (Å²) in [6.07, 6.45) is 2.68. The molecule has 18 heavy (non-hydrogen) atoms. The third kappa shape index (κ3) is 2.11. The Kier molecular flexibility index (Phi) is 3.00. The number of aliphatic imine (C=N–C) groups is 1. The highest BCUT2D eigenvalue weighted by Gasteiger charge is 2.41. The van der Waals surface area contributed by atoms with Crippen molar-refractivity contribution in [1.29, 1.82) is 0 Å². The SMILES string of the molecule is CC1(c2ccc(I)cc2)CN=C(N)N1CC1CC1. The normalized spacial score (nSPS) is 27.4. The van der Waals surface area contributed by atoms with Gasteiger partial charge in [-0.2, -0.15) is 0 Å². The molecule has 2 aliphatic rings. The van der Waals surface area contributed by atoms with Gasteiger partial charge >= 0.3 is 0 Å². The summed E-state index contributed by atoms with van der Waals surface area (Å²) in [6, 6.07) is 8.72. The number of halogens is 1. The van der Waals surface area contributed by atoms with Gasteiger partial charge in [0.2, 0.25) is 0 Å². The Morgan fingerprint density at radius 2 is 2.06 bits per heavy atom. The molecule has 0 radical (unpaired) electrons. The molecule has 1 aromatic rings. The molecular formula is C14H18IN3. The van der Waals surface area contributed by atoms with Crippen LogP contribution in [0.1, 0.15) is 25.3 Å². The highest BCUT2D eigenvalue weighted by molar-refractivity contribution is 14.1. The molecule has 1 aliphatic heterocycles. The largest absolute Gasteiger partial charge is 0.370 e. The summed E-state index contributed by atoms with van der Waals surface area (Å²) in [5, 5.41) is 0. The maximum atomic E-state index is 6.07. The van der Waals surface area contributed by atoms with Gasteiger partial charge < -0.3 is 10.6 Å². The number of benzene rings is 1.